The molecule has 5 heteroatoms. The lowest BCUT2D eigenvalue weighted by molar-refractivity contribution is -0.119. The summed E-state index contributed by atoms with van der Waals surface area (Å²) in [4.78, 5) is 13.8. The number of likely N-dealkylation sites (tertiary alicyclic amines) is 1. The van der Waals surface area contributed by atoms with Gasteiger partial charge in [0, 0.05) is 18.6 Å². The van der Waals surface area contributed by atoms with E-state index in [4.69, 9.17) is 5.73 Å². The molecule has 0 bridgehead atoms. The van der Waals surface area contributed by atoms with E-state index in [0.29, 0.717) is 0 Å². The fraction of sp³-hybridized carbons (Fsp3) is 0.500. The first kappa shape index (κ1) is 14.0. The SMILES string of the molecule is CCCC1(N)CN(CC(=O)Nc2ccccc2F)C1. The lowest BCUT2D eigenvalue weighted by Gasteiger charge is -2.47. The molecule has 1 fully saturated rings. The number of hydrogen-bond acceptors (Lipinski definition) is 3. The topological polar surface area (TPSA) is 58.4 Å². The second-order valence-corrected chi connectivity index (χ2v) is 5.29. The Morgan fingerprint density at radius 1 is 1.47 bits per heavy atom. The third-order valence-corrected chi connectivity index (χ3v) is 3.34. The average molecular weight is 265 g/mol. The van der Waals surface area contributed by atoms with Crippen molar-refractivity contribution in [2.45, 2.75) is 25.3 Å². The second kappa shape index (κ2) is 5.67. The van der Waals surface area contributed by atoms with Crippen molar-refractivity contribution >= 4 is 11.6 Å². The molecule has 0 aromatic heterocycles. The van der Waals surface area contributed by atoms with Crippen molar-refractivity contribution in [1.82, 2.24) is 4.90 Å². The first-order chi connectivity index (χ1) is 9.02. The molecule has 0 spiro atoms. The zero-order chi connectivity index (χ0) is 13.9. The summed E-state index contributed by atoms with van der Waals surface area (Å²) in [5.41, 5.74) is 6.20. The van der Waals surface area contributed by atoms with E-state index in [0.717, 1.165) is 25.9 Å². The molecule has 1 heterocycles. The number of nitrogens with zero attached hydrogens (tertiary/aromatic N) is 1. The molecule has 0 aliphatic carbocycles. The Morgan fingerprint density at radius 2 is 2.16 bits per heavy atom. The molecule has 3 N–H and O–H groups in total. The summed E-state index contributed by atoms with van der Waals surface area (Å²) in [7, 11) is 0. The number of benzene rings is 1. The first-order valence-corrected chi connectivity index (χ1v) is 6.58. The van der Waals surface area contributed by atoms with E-state index in [1.807, 2.05) is 4.90 Å². The minimum atomic E-state index is -0.418. The lowest BCUT2D eigenvalue weighted by Crippen LogP contribution is -2.68. The smallest absolute Gasteiger partial charge is 0.238 e. The van der Waals surface area contributed by atoms with Crippen LogP contribution in [0.15, 0.2) is 24.3 Å². The predicted molar refractivity (Wildman–Crippen MR) is 73.3 cm³/mol. The van der Waals surface area contributed by atoms with Gasteiger partial charge in [-0.25, -0.2) is 4.39 Å². The maximum absolute atomic E-state index is 13.4. The van der Waals surface area contributed by atoms with Gasteiger partial charge in [-0.15, -0.1) is 0 Å². The molecule has 0 saturated carbocycles. The van der Waals surface area contributed by atoms with E-state index in [1.165, 1.54) is 6.07 Å². The zero-order valence-corrected chi connectivity index (χ0v) is 11.2. The Hall–Kier alpha value is -1.46. The van der Waals surface area contributed by atoms with Gasteiger partial charge in [-0.05, 0) is 18.6 Å². The number of amides is 1. The molecule has 0 atom stereocenters. The van der Waals surface area contributed by atoms with Crippen LogP contribution in [0.5, 0.6) is 0 Å². The molecule has 1 saturated heterocycles. The van der Waals surface area contributed by atoms with Gasteiger partial charge >= 0.3 is 0 Å². The molecular weight excluding hydrogens is 245 g/mol. The van der Waals surface area contributed by atoms with Crippen molar-refractivity contribution in [3.63, 3.8) is 0 Å². The lowest BCUT2D eigenvalue weighted by atomic mass is 9.86. The molecular formula is C14H20FN3O. The van der Waals surface area contributed by atoms with Gasteiger partial charge in [0.2, 0.25) is 5.91 Å². The molecule has 1 amide bonds. The molecule has 1 aliphatic heterocycles. The minimum Gasteiger partial charge on any atom is -0.323 e. The zero-order valence-electron chi connectivity index (χ0n) is 11.2. The molecule has 19 heavy (non-hydrogen) atoms. The fourth-order valence-electron chi connectivity index (χ4n) is 2.57. The Kier molecular flexibility index (Phi) is 4.17. The standard InChI is InChI=1S/C14H20FN3O/c1-2-7-14(16)9-18(10-14)8-13(19)17-12-6-4-3-5-11(12)15/h3-6H,2,7-10,16H2,1H3,(H,17,19). The van der Waals surface area contributed by atoms with Crippen LogP contribution in [0.4, 0.5) is 10.1 Å². The van der Waals surface area contributed by atoms with E-state index < -0.39 is 5.82 Å². The van der Waals surface area contributed by atoms with Crippen molar-refractivity contribution in [2.24, 2.45) is 5.73 Å². The third-order valence-electron chi connectivity index (χ3n) is 3.34. The van der Waals surface area contributed by atoms with Gasteiger partial charge < -0.3 is 11.1 Å². The molecule has 104 valence electrons. The van der Waals surface area contributed by atoms with Crippen LogP contribution in [0.2, 0.25) is 0 Å². The van der Waals surface area contributed by atoms with Gasteiger partial charge in [0.05, 0.1) is 12.2 Å². The third kappa shape index (κ3) is 3.52. The maximum Gasteiger partial charge on any atom is 0.238 e. The highest BCUT2D eigenvalue weighted by atomic mass is 19.1. The summed E-state index contributed by atoms with van der Waals surface area (Å²) < 4.78 is 13.4. The van der Waals surface area contributed by atoms with Crippen LogP contribution in [0, 0.1) is 5.82 Å². The highest BCUT2D eigenvalue weighted by Crippen LogP contribution is 2.23. The monoisotopic (exact) mass is 265 g/mol. The van der Waals surface area contributed by atoms with Crippen molar-refractivity contribution in [1.29, 1.82) is 0 Å². The van der Waals surface area contributed by atoms with Crippen LogP contribution in [0.3, 0.4) is 0 Å². The van der Waals surface area contributed by atoms with E-state index in [9.17, 15) is 9.18 Å². The minimum absolute atomic E-state index is 0.146. The Morgan fingerprint density at radius 3 is 2.79 bits per heavy atom. The first-order valence-electron chi connectivity index (χ1n) is 6.58. The van der Waals surface area contributed by atoms with Gasteiger partial charge in [0.1, 0.15) is 5.82 Å². The highest BCUT2D eigenvalue weighted by Gasteiger charge is 2.38. The Labute approximate surface area is 112 Å². The van der Waals surface area contributed by atoms with Crippen molar-refractivity contribution < 1.29 is 9.18 Å². The van der Waals surface area contributed by atoms with Gasteiger partial charge in [0.25, 0.3) is 0 Å². The van der Waals surface area contributed by atoms with E-state index in [-0.39, 0.29) is 23.7 Å². The maximum atomic E-state index is 13.4. The Balaban J connectivity index is 1.79. The molecule has 1 aromatic carbocycles. The van der Waals surface area contributed by atoms with Gasteiger partial charge in [0.15, 0.2) is 0 Å². The summed E-state index contributed by atoms with van der Waals surface area (Å²) in [6.45, 7) is 3.82. The van der Waals surface area contributed by atoms with Crippen LogP contribution >= 0.6 is 0 Å². The van der Waals surface area contributed by atoms with Gasteiger partial charge in [-0.3, -0.25) is 9.69 Å². The number of halogens is 1. The number of nitrogens with one attached hydrogen (secondary N) is 1. The number of hydrogen-bond donors (Lipinski definition) is 2. The normalized spacial score (nSPS) is 17.8. The van der Waals surface area contributed by atoms with Crippen molar-refractivity contribution in [3.8, 4) is 0 Å². The number of para-hydroxylation sites is 1. The van der Waals surface area contributed by atoms with E-state index in [2.05, 4.69) is 12.2 Å². The number of anilines is 1. The molecule has 1 aliphatic rings. The van der Waals surface area contributed by atoms with Crippen molar-refractivity contribution in [3.05, 3.63) is 30.1 Å². The Bertz CT molecular complexity index is 458. The van der Waals surface area contributed by atoms with Crippen LogP contribution in [0.1, 0.15) is 19.8 Å². The van der Waals surface area contributed by atoms with Gasteiger partial charge in [-0.1, -0.05) is 25.5 Å². The molecule has 4 nitrogen and oxygen atoms in total. The summed E-state index contributed by atoms with van der Waals surface area (Å²) >= 11 is 0. The molecule has 1 aromatic rings. The van der Waals surface area contributed by atoms with E-state index in [1.54, 1.807) is 18.2 Å². The summed E-state index contributed by atoms with van der Waals surface area (Å²) in [5.74, 6) is -0.623. The van der Waals surface area contributed by atoms with Crippen LogP contribution in [-0.4, -0.2) is 36.0 Å². The average Bonchev–Trinajstić information content (AvgIpc) is 2.30. The molecule has 0 radical (unpaired) electrons. The van der Waals surface area contributed by atoms with Crippen molar-refractivity contribution in [2.75, 3.05) is 25.0 Å². The predicted octanol–water partition coefficient (Wildman–Crippen LogP) is 1.58. The van der Waals surface area contributed by atoms with E-state index >= 15 is 0 Å². The fourth-order valence-corrected chi connectivity index (χ4v) is 2.57. The number of carbonyl (C=O) groups excluding carboxylic acids is 1. The number of carbonyl (C=O) groups is 1. The summed E-state index contributed by atoms with van der Waals surface area (Å²) in [6.07, 6.45) is 2.02. The second-order valence-electron chi connectivity index (χ2n) is 5.29. The summed E-state index contributed by atoms with van der Waals surface area (Å²) in [5, 5.41) is 2.57. The van der Waals surface area contributed by atoms with Crippen LogP contribution in [0.25, 0.3) is 0 Å². The number of rotatable bonds is 5. The van der Waals surface area contributed by atoms with Crippen LogP contribution in [-0.2, 0) is 4.79 Å². The number of nitrogens with two attached hydrogens (primary N) is 1. The molecule has 0 unspecified atom stereocenters. The molecule has 2 rings (SSSR count). The summed E-state index contributed by atoms with van der Waals surface area (Å²) in [6, 6.07) is 6.15. The van der Waals surface area contributed by atoms with Crippen LogP contribution < -0.4 is 11.1 Å². The van der Waals surface area contributed by atoms with Gasteiger partial charge in [-0.2, -0.15) is 0 Å². The quantitative estimate of drug-likeness (QED) is 0.849. The largest absolute Gasteiger partial charge is 0.323 e. The highest BCUT2D eigenvalue weighted by molar-refractivity contribution is 5.92.